The molecular formula is C29H24N2O2S. The van der Waals surface area contributed by atoms with E-state index >= 15 is 0 Å². The summed E-state index contributed by atoms with van der Waals surface area (Å²) in [5, 5.41) is 4.80. The van der Waals surface area contributed by atoms with Gasteiger partial charge in [-0.05, 0) is 18.2 Å². The first-order valence-electron chi connectivity index (χ1n) is 11.4. The van der Waals surface area contributed by atoms with Gasteiger partial charge in [0.05, 0.1) is 12.8 Å². The third kappa shape index (κ3) is 3.35. The molecule has 2 unspecified atom stereocenters. The summed E-state index contributed by atoms with van der Waals surface area (Å²) in [4.78, 5) is 9.99. The first kappa shape index (κ1) is 20.9. The van der Waals surface area contributed by atoms with Crippen molar-refractivity contribution in [3.8, 4) is 5.75 Å². The SMILES string of the molecule is COc1ccccc1C1CC2(c3ccccc3)ON=C(c3ccccc3)N2c2ccccc2S1. The minimum absolute atomic E-state index is 0.0906. The monoisotopic (exact) mass is 464 g/mol. The van der Waals surface area contributed by atoms with E-state index in [1.54, 1.807) is 7.11 Å². The van der Waals surface area contributed by atoms with Crippen molar-refractivity contribution >= 4 is 23.3 Å². The summed E-state index contributed by atoms with van der Waals surface area (Å²) in [6.45, 7) is 0. The molecule has 0 N–H and O–H groups in total. The Labute approximate surface area is 203 Å². The van der Waals surface area contributed by atoms with Gasteiger partial charge < -0.3 is 9.57 Å². The Morgan fingerprint density at radius 1 is 0.853 bits per heavy atom. The summed E-state index contributed by atoms with van der Waals surface area (Å²) in [6, 6.07) is 37.5. The van der Waals surface area contributed by atoms with E-state index < -0.39 is 5.72 Å². The Balaban J connectivity index is 1.59. The second-order valence-electron chi connectivity index (χ2n) is 8.38. The predicted octanol–water partition coefficient (Wildman–Crippen LogP) is 6.98. The lowest BCUT2D eigenvalue weighted by Gasteiger charge is -2.38. The molecule has 2 aliphatic rings. The number of anilines is 1. The van der Waals surface area contributed by atoms with Crippen molar-refractivity contribution in [1.82, 2.24) is 0 Å². The first-order chi connectivity index (χ1) is 16.8. The predicted molar refractivity (Wildman–Crippen MR) is 137 cm³/mol. The molecule has 5 heteroatoms. The van der Waals surface area contributed by atoms with Gasteiger partial charge in [-0.3, -0.25) is 4.90 Å². The fourth-order valence-electron chi connectivity index (χ4n) is 4.87. The smallest absolute Gasteiger partial charge is 0.242 e. The van der Waals surface area contributed by atoms with Crippen LogP contribution in [0.4, 0.5) is 5.69 Å². The van der Waals surface area contributed by atoms with Gasteiger partial charge in [0.2, 0.25) is 5.72 Å². The van der Waals surface area contributed by atoms with Gasteiger partial charge in [-0.1, -0.05) is 96.2 Å². The standard InChI is InChI=1S/C29H24N2O2S/c1-32-25-18-10-8-16-23(25)27-20-29(22-14-6-3-7-15-22)31(24-17-9-11-19-26(24)34-27)28(30-33-29)21-12-4-2-5-13-21/h2-19,27H,20H2,1H3. The summed E-state index contributed by atoms with van der Waals surface area (Å²) < 4.78 is 5.77. The quantitative estimate of drug-likeness (QED) is 0.326. The second-order valence-corrected chi connectivity index (χ2v) is 9.62. The highest BCUT2D eigenvalue weighted by atomic mass is 32.2. The van der Waals surface area contributed by atoms with Crippen molar-refractivity contribution in [1.29, 1.82) is 0 Å². The highest BCUT2D eigenvalue weighted by Gasteiger charge is 2.53. The van der Waals surface area contributed by atoms with Crippen LogP contribution in [0.25, 0.3) is 0 Å². The van der Waals surface area contributed by atoms with Gasteiger partial charge in [0.15, 0.2) is 5.84 Å². The largest absolute Gasteiger partial charge is 0.496 e. The lowest BCUT2D eigenvalue weighted by molar-refractivity contribution is -0.0284. The summed E-state index contributed by atoms with van der Waals surface area (Å²) in [5.74, 6) is 1.70. The van der Waals surface area contributed by atoms with E-state index in [-0.39, 0.29) is 5.25 Å². The van der Waals surface area contributed by atoms with Crippen molar-refractivity contribution in [3.63, 3.8) is 0 Å². The van der Waals surface area contributed by atoms with Crippen LogP contribution < -0.4 is 9.64 Å². The maximum absolute atomic E-state index is 6.52. The highest BCUT2D eigenvalue weighted by Crippen LogP contribution is 2.57. The third-order valence-corrected chi connectivity index (χ3v) is 7.74. The average molecular weight is 465 g/mol. The molecule has 2 atom stereocenters. The number of methoxy groups -OCH3 is 1. The van der Waals surface area contributed by atoms with E-state index in [4.69, 9.17) is 14.7 Å². The van der Waals surface area contributed by atoms with Gasteiger partial charge >= 0.3 is 0 Å². The molecule has 2 heterocycles. The Bertz CT molecular complexity index is 1340. The number of nitrogens with zero attached hydrogens (tertiary/aromatic N) is 2. The number of oxime groups is 1. The van der Waals surface area contributed by atoms with Gasteiger partial charge in [-0.2, -0.15) is 0 Å². The van der Waals surface area contributed by atoms with Gasteiger partial charge in [0.1, 0.15) is 5.75 Å². The number of fused-ring (bicyclic) bond motifs is 3. The van der Waals surface area contributed by atoms with Crippen LogP contribution in [0.2, 0.25) is 0 Å². The highest BCUT2D eigenvalue weighted by molar-refractivity contribution is 7.99. The van der Waals surface area contributed by atoms with Crippen LogP contribution in [0.15, 0.2) is 119 Å². The van der Waals surface area contributed by atoms with Crippen LogP contribution in [-0.4, -0.2) is 12.9 Å². The molecule has 2 aliphatic heterocycles. The Kier molecular flexibility index (Phi) is 5.27. The number of thioether (sulfide) groups is 1. The summed E-state index contributed by atoms with van der Waals surface area (Å²) in [5.41, 5.74) is 3.54. The molecule has 168 valence electrons. The Hall–Kier alpha value is -3.70. The molecule has 0 amide bonds. The fraction of sp³-hybridized carbons (Fsp3) is 0.138. The van der Waals surface area contributed by atoms with Crippen molar-refractivity contribution in [2.45, 2.75) is 22.3 Å². The summed E-state index contributed by atoms with van der Waals surface area (Å²) >= 11 is 1.85. The van der Waals surface area contributed by atoms with Crippen LogP contribution >= 0.6 is 11.8 Å². The topological polar surface area (TPSA) is 34.1 Å². The maximum Gasteiger partial charge on any atom is 0.242 e. The molecule has 0 saturated carbocycles. The second kappa shape index (κ2) is 8.58. The van der Waals surface area contributed by atoms with Crippen molar-refractivity contribution in [2.24, 2.45) is 5.16 Å². The van der Waals surface area contributed by atoms with Gasteiger partial charge in [0.25, 0.3) is 0 Å². The van der Waals surface area contributed by atoms with Gasteiger partial charge in [-0.25, -0.2) is 0 Å². The van der Waals surface area contributed by atoms with E-state index in [0.29, 0.717) is 6.42 Å². The molecule has 0 spiro atoms. The van der Waals surface area contributed by atoms with E-state index in [0.717, 1.165) is 34.0 Å². The fourth-order valence-corrected chi connectivity index (χ4v) is 6.24. The average Bonchev–Trinajstić information content (AvgIpc) is 3.22. The zero-order valence-corrected chi connectivity index (χ0v) is 19.6. The number of amidine groups is 1. The van der Waals surface area contributed by atoms with Crippen LogP contribution in [0.5, 0.6) is 5.75 Å². The van der Waals surface area contributed by atoms with E-state index in [1.165, 1.54) is 4.90 Å². The molecule has 0 fully saturated rings. The minimum atomic E-state index is -0.794. The van der Waals surface area contributed by atoms with Gasteiger partial charge in [0, 0.05) is 33.3 Å². The van der Waals surface area contributed by atoms with Gasteiger partial charge in [-0.15, -0.1) is 11.8 Å². The van der Waals surface area contributed by atoms with Crippen LogP contribution in [-0.2, 0) is 10.6 Å². The van der Waals surface area contributed by atoms with E-state index in [2.05, 4.69) is 77.7 Å². The molecule has 0 radical (unpaired) electrons. The van der Waals surface area contributed by atoms with Crippen LogP contribution in [0.3, 0.4) is 0 Å². The number of hydrogen-bond acceptors (Lipinski definition) is 5. The molecule has 4 aromatic rings. The Morgan fingerprint density at radius 2 is 1.53 bits per heavy atom. The van der Waals surface area contributed by atoms with Crippen molar-refractivity contribution < 1.29 is 9.57 Å². The lowest BCUT2D eigenvalue weighted by Crippen LogP contribution is -2.47. The van der Waals surface area contributed by atoms with E-state index in [9.17, 15) is 0 Å². The lowest BCUT2D eigenvalue weighted by atomic mass is 9.91. The third-order valence-electron chi connectivity index (χ3n) is 6.44. The number of hydrogen-bond donors (Lipinski definition) is 0. The zero-order chi connectivity index (χ0) is 23.0. The van der Waals surface area contributed by atoms with Crippen molar-refractivity contribution in [3.05, 3.63) is 126 Å². The molecule has 0 aromatic heterocycles. The molecule has 4 nitrogen and oxygen atoms in total. The number of ether oxygens (including phenoxy) is 1. The molecular weight excluding hydrogens is 440 g/mol. The van der Waals surface area contributed by atoms with Crippen LogP contribution in [0.1, 0.15) is 28.4 Å². The van der Waals surface area contributed by atoms with E-state index in [1.807, 2.05) is 48.2 Å². The van der Waals surface area contributed by atoms with Crippen molar-refractivity contribution in [2.75, 3.05) is 12.0 Å². The number of para-hydroxylation sites is 2. The normalized spacial score (nSPS) is 21.0. The number of benzene rings is 4. The first-order valence-corrected chi connectivity index (χ1v) is 12.2. The molecule has 34 heavy (non-hydrogen) atoms. The zero-order valence-electron chi connectivity index (χ0n) is 18.8. The molecule has 6 rings (SSSR count). The Morgan fingerprint density at radius 3 is 2.32 bits per heavy atom. The molecule has 0 saturated heterocycles. The molecule has 0 aliphatic carbocycles. The molecule has 0 bridgehead atoms. The summed E-state index contributed by atoms with van der Waals surface area (Å²) in [6.07, 6.45) is 0.691. The molecule has 4 aromatic carbocycles. The maximum atomic E-state index is 6.52. The minimum Gasteiger partial charge on any atom is -0.496 e. The van der Waals surface area contributed by atoms with Crippen LogP contribution in [0, 0.1) is 0 Å². The number of rotatable bonds is 4. The summed E-state index contributed by atoms with van der Waals surface area (Å²) in [7, 11) is 1.73.